The number of anilines is 2. The fourth-order valence-electron chi connectivity index (χ4n) is 2.81. The number of aromatic nitrogens is 3. The van der Waals surface area contributed by atoms with Gasteiger partial charge in [0.1, 0.15) is 0 Å². The lowest BCUT2D eigenvalue weighted by Crippen LogP contribution is -1.92. The molecule has 0 unspecified atom stereocenters. The molecule has 8 heteroatoms. The molecule has 4 rings (SSSR count). The lowest BCUT2D eigenvalue weighted by molar-refractivity contribution is 1.06. The largest absolute Gasteiger partial charge is 0.330 e. The molecule has 0 amide bonds. The highest BCUT2D eigenvalue weighted by Gasteiger charge is 2.13. The molecule has 2 aromatic carbocycles. The van der Waals surface area contributed by atoms with Crippen molar-refractivity contribution in [3.63, 3.8) is 0 Å². The molecule has 142 valence electrons. The SMILES string of the molecule is Cc1cn(-c2ccc(-c3nc(Nc4cc(Cl)c(Cl)cc4Cl)sc3C)cc2)cn1. The number of hydrogen-bond acceptors (Lipinski definition) is 4. The fourth-order valence-corrected chi connectivity index (χ4v) is 4.25. The molecule has 4 nitrogen and oxygen atoms in total. The second kappa shape index (κ2) is 7.76. The van der Waals surface area contributed by atoms with E-state index in [-0.39, 0.29) is 0 Å². The molecule has 2 heterocycles. The van der Waals surface area contributed by atoms with Gasteiger partial charge in [0.05, 0.1) is 38.5 Å². The van der Waals surface area contributed by atoms with Gasteiger partial charge >= 0.3 is 0 Å². The Hall–Kier alpha value is -2.05. The molecule has 0 bridgehead atoms. The average molecular weight is 450 g/mol. The van der Waals surface area contributed by atoms with Gasteiger partial charge in [-0.2, -0.15) is 0 Å². The summed E-state index contributed by atoms with van der Waals surface area (Å²) in [7, 11) is 0. The minimum atomic E-state index is 0.418. The zero-order chi connectivity index (χ0) is 19.8. The van der Waals surface area contributed by atoms with Crippen LogP contribution in [0.1, 0.15) is 10.6 Å². The summed E-state index contributed by atoms with van der Waals surface area (Å²) in [5, 5.41) is 5.31. The summed E-state index contributed by atoms with van der Waals surface area (Å²) in [4.78, 5) is 10.1. The molecule has 2 aromatic heterocycles. The van der Waals surface area contributed by atoms with Crippen molar-refractivity contribution in [2.75, 3.05) is 5.32 Å². The number of nitrogens with one attached hydrogen (secondary N) is 1. The van der Waals surface area contributed by atoms with Crippen LogP contribution in [0.25, 0.3) is 16.9 Å². The van der Waals surface area contributed by atoms with Crippen LogP contribution in [0.5, 0.6) is 0 Å². The normalized spacial score (nSPS) is 11.0. The maximum atomic E-state index is 6.26. The van der Waals surface area contributed by atoms with Crippen LogP contribution < -0.4 is 5.32 Å². The van der Waals surface area contributed by atoms with Gasteiger partial charge in [-0.1, -0.05) is 46.9 Å². The van der Waals surface area contributed by atoms with Gasteiger partial charge in [-0.15, -0.1) is 11.3 Å². The smallest absolute Gasteiger partial charge is 0.188 e. The van der Waals surface area contributed by atoms with Gasteiger partial charge in [0.25, 0.3) is 0 Å². The number of rotatable bonds is 4. The van der Waals surface area contributed by atoms with E-state index in [1.54, 1.807) is 29.8 Å². The van der Waals surface area contributed by atoms with E-state index >= 15 is 0 Å². The molecule has 0 radical (unpaired) electrons. The van der Waals surface area contributed by atoms with Gasteiger partial charge in [0.15, 0.2) is 5.13 Å². The standard InChI is InChI=1S/C20H15Cl3N4S/c1-11-9-27(10-24-11)14-5-3-13(4-6-14)19-12(2)28-20(26-19)25-18-8-16(22)15(21)7-17(18)23/h3-10H,1-2H3,(H,25,26). The van der Waals surface area contributed by atoms with Crippen LogP contribution in [0.15, 0.2) is 48.9 Å². The molecule has 0 aliphatic carbocycles. The number of imidazole rings is 1. The van der Waals surface area contributed by atoms with Crippen LogP contribution in [-0.4, -0.2) is 14.5 Å². The summed E-state index contributed by atoms with van der Waals surface area (Å²) in [6.07, 6.45) is 3.80. The monoisotopic (exact) mass is 448 g/mol. The first-order valence-electron chi connectivity index (χ1n) is 8.41. The quantitative estimate of drug-likeness (QED) is 0.332. The lowest BCUT2D eigenvalue weighted by Gasteiger charge is -2.07. The first-order chi connectivity index (χ1) is 13.4. The Labute approximate surface area is 181 Å². The van der Waals surface area contributed by atoms with Gasteiger partial charge < -0.3 is 9.88 Å². The predicted octanol–water partition coefficient (Wildman–Crippen LogP) is 7.32. The highest BCUT2D eigenvalue weighted by molar-refractivity contribution is 7.16. The molecule has 0 saturated heterocycles. The predicted molar refractivity (Wildman–Crippen MR) is 119 cm³/mol. The highest BCUT2D eigenvalue weighted by atomic mass is 35.5. The van der Waals surface area contributed by atoms with Crippen molar-refractivity contribution in [1.29, 1.82) is 0 Å². The molecule has 0 atom stereocenters. The van der Waals surface area contributed by atoms with Crippen molar-refractivity contribution in [3.8, 4) is 16.9 Å². The van der Waals surface area contributed by atoms with Gasteiger partial charge in [-0.05, 0) is 38.1 Å². The van der Waals surface area contributed by atoms with Gasteiger partial charge in [0, 0.05) is 22.3 Å². The maximum absolute atomic E-state index is 6.26. The van der Waals surface area contributed by atoms with Crippen LogP contribution in [-0.2, 0) is 0 Å². The second-order valence-electron chi connectivity index (χ2n) is 6.26. The van der Waals surface area contributed by atoms with E-state index in [4.69, 9.17) is 39.8 Å². The van der Waals surface area contributed by atoms with Crippen LogP contribution in [0, 0.1) is 13.8 Å². The van der Waals surface area contributed by atoms with E-state index in [1.807, 2.05) is 24.6 Å². The summed E-state index contributed by atoms with van der Waals surface area (Å²) < 4.78 is 1.99. The minimum absolute atomic E-state index is 0.418. The van der Waals surface area contributed by atoms with E-state index in [1.165, 1.54) is 0 Å². The third kappa shape index (κ3) is 3.89. The lowest BCUT2D eigenvalue weighted by atomic mass is 10.1. The Bertz CT molecular complexity index is 1150. The molecule has 0 saturated carbocycles. The highest BCUT2D eigenvalue weighted by Crippen LogP contribution is 2.37. The summed E-state index contributed by atoms with van der Waals surface area (Å²) in [5.74, 6) is 0. The van der Waals surface area contributed by atoms with Crippen molar-refractivity contribution in [3.05, 3.63) is 74.6 Å². The van der Waals surface area contributed by atoms with E-state index < -0.39 is 0 Å². The van der Waals surface area contributed by atoms with E-state index in [0.29, 0.717) is 20.8 Å². The van der Waals surface area contributed by atoms with E-state index in [9.17, 15) is 0 Å². The topological polar surface area (TPSA) is 42.7 Å². The number of benzene rings is 2. The molecule has 0 aliphatic rings. The molecular formula is C20H15Cl3N4S. The Morgan fingerprint density at radius 2 is 1.68 bits per heavy atom. The zero-order valence-corrected chi connectivity index (χ0v) is 18.1. The average Bonchev–Trinajstić information content (AvgIpc) is 3.25. The summed E-state index contributed by atoms with van der Waals surface area (Å²) in [6.45, 7) is 4.01. The van der Waals surface area contributed by atoms with Gasteiger partial charge in [-0.3, -0.25) is 0 Å². The van der Waals surface area contributed by atoms with Crippen LogP contribution >= 0.6 is 46.1 Å². The first-order valence-corrected chi connectivity index (χ1v) is 10.4. The molecule has 28 heavy (non-hydrogen) atoms. The Kier molecular flexibility index (Phi) is 5.34. The number of aryl methyl sites for hydroxylation is 2. The summed E-state index contributed by atoms with van der Waals surface area (Å²) in [6, 6.07) is 11.5. The number of hydrogen-bond donors (Lipinski definition) is 1. The first kappa shape index (κ1) is 19.3. The summed E-state index contributed by atoms with van der Waals surface area (Å²) >= 11 is 19.9. The van der Waals surface area contributed by atoms with Crippen LogP contribution in [0.4, 0.5) is 10.8 Å². The van der Waals surface area contributed by atoms with Crippen LogP contribution in [0.3, 0.4) is 0 Å². The van der Waals surface area contributed by atoms with Crippen molar-refractivity contribution in [2.45, 2.75) is 13.8 Å². The third-order valence-electron chi connectivity index (χ3n) is 4.20. The molecular weight excluding hydrogens is 435 g/mol. The molecule has 0 spiro atoms. The third-order valence-corrected chi connectivity index (χ3v) is 6.12. The summed E-state index contributed by atoms with van der Waals surface area (Å²) in [5.41, 5.74) is 4.68. The van der Waals surface area contributed by atoms with Crippen molar-refractivity contribution < 1.29 is 0 Å². The van der Waals surface area contributed by atoms with E-state index in [0.717, 1.165) is 32.6 Å². The Balaban J connectivity index is 1.60. The molecule has 1 N–H and O–H groups in total. The van der Waals surface area contributed by atoms with Gasteiger partial charge in [0.2, 0.25) is 0 Å². The van der Waals surface area contributed by atoms with Crippen molar-refractivity contribution >= 4 is 57.0 Å². The maximum Gasteiger partial charge on any atom is 0.188 e. The number of halogens is 3. The van der Waals surface area contributed by atoms with Crippen LogP contribution in [0.2, 0.25) is 15.1 Å². The molecule has 0 aliphatic heterocycles. The Morgan fingerprint density at radius 1 is 0.964 bits per heavy atom. The minimum Gasteiger partial charge on any atom is -0.330 e. The molecule has 4 aromatic rings. The zero-order valence-electron chi connectivity index (χ0n) is 15.0. The number of nitrogens with zero attached hydrogens (tertiary/aromatic N) is 3. The number of thiazole rings is 1. The Morgan fingerprint density at radius 3 is 2.36 bits per heavy atom. The van der Waals surface area contributed by atoms with Crippen molar-refractivity contribution in [1.82, 2.24) is 14.5 Å². The fraction of sp³-hybridized carbons (Fsp3) is 0.100. The van der Waals surface area contributed by atoms with Gasteiger partial charge in [-0.25, -0.2) is 9.97 Å². The molecule has 0 fully saturated rings. The second-order valence-corrected chi connectivity index (χ2v) is 8.69. The van der Waals surface area contributed by atoms with E-state index in [2.05, 4.69) is 34.6 Å². The van der Waals surface area contributed by atoms with Crippen molar-refractivity contribution in [2.24, 2.45) is 0 Å².